The van der Waals surface area contributed by atoms with E-state index in [0.717, 1.165) is 4.47 Å². The lowest BCUT2D eigenvalue weighted by Crippen LogP contribution is -2.48. The minimum absolute atomic E-state index is 0.368. The van der Waals surface area contributed by atoms with Crippen LogP contribution in [0.15, 0.2) is 28.7 Å². The van der Waals surface area contributed by atoms with Crippen molar-refractivity contribution < 1.29 is 8.78 Å². The summed E-state index contributed by atoms with van der Waals surface area (Å²) in [5, 5.41) is 9.01. The van der Waals surface area contributed by atoms with Crippen LogP contribution in [-0.4, -0.2) is 5.92 Å². The fourth-order valence-electron chi connectivity index (χ4n) is 1.97. The van der Waals surface area contributed by atoms with Crippen molar-refractivity contribution in [2.45, 2.75) is 24.2 Å². The highest BCUT2D eigenvalue weighted by molar-refractivity contribution is 9.10. The molecule has 0 aliphatic heterocycles. The van der Waals surface area contributed by atoms with Crippen molar-refractivity contribution >= 4 is 15.9 Å². The van der Waals surface area contributed by atoms with Crippen molar-refractivity contribution in [3.63, 3.8) is 0 Å². The summed E-state index contributed by atoms with van der Waals surface area (Å²) in [5.74, 6) is -2.68. The van der Waals surface area contributed by atoms with Gasteiger partial charge in [-0.15, -0.1) is 0 Å². The Hall–Kier alpha value is -0.950. The van der Waals surface area contributed by atoms with Crippen LogP contribution in [0.5, 0.6) is 0 Å². The Balaban J connectivity index is 2.35. The number of nitrogens with zero attached hydrogens (tertiary/aromatic N) is 1. The molecule has 0 aromatic heterocycles. The number of benzene rings is 1. The standard InChI is InChI=1S/C11H8BrF2N/c12-9-3-1-2-8(4-9)10(7-15)5-11(13,14)6-10/h1-4H,5-6H2. The van der Waals surface area contributed by atoms with Crippen LogP contribution in [0.25, 0.3) is 0 Å². The summed E-state index contributed by atoms with van der Waals surface area (Å²) < 4.78 is 26.5. The maximum absolute atomic E-state index is 12.8. The van der Waals surface area contributed by atoms with Crippen LogP contribution in [0.2, 0.25) is 0 Å². The number of hydrogen-bond acceptors (Lipinski definition) is 1. The highest BCUT2D eigenvalue weighted by Crippen LogP contribution is 2.53. The fourth-order valence-corrected chi connectivity index (χ4v) is 2.36. The number of rotatable bonds is 1. The van der Waals surface area contributed by atoms with E-state index in [4.69, 9.17) is 5.26 Å². The van der Waals surface area contributed by atoms with Gasteiger partial charge >= 0.3 is 0 Å². The Bertz CT molecular complexity index is 428. The average Bonchev–Trinajstić information content (AvgIpc) is 2.13. The van der Waals surface area contributed by atoms with Gasteiger partial charge in [-0.25, -0.2) is 8.78 Å². The smallest absolute Gasteiger partial charge is 0.207 e. The zero-order chi connectivity index (χ0) is 11.1. The Morgan fingerprint density at radius 1 is 1.33 bits per heavy atom. The molecule has 0 amide bonds. The number of halogens is 3. The summed E-state index contributed by atoms with van der Waals surface area (Å²) >= 11 is 3.27. The molecule has 1 fully saturated rings. The Morgan fingerprint density at radius 3 is 2.47 bits per heavy atom. The Morgan fingerprint density at radius 2 is 2.00 bits per heavy atom. The van der Waals surface area contributed by atoms with E-state index < -0.39 is 11.3 Å². The molecule has 1 aliphatic carbocycles. The van der Waals surface area contributed by atoms with E-state index in [0.29, 0.717) is 5.56 Å². The van der Waals surface area contributed by atoms with Gasteiger partial charge in [0.25, 0.3) is 5.92 Å². The maximum atomic E-state index is 12.8. The summed E-state index contributed by atoms with van der Waals surface area (Å²) in [6.45, 7) is 0. The van der Waals surface area contributed by atoms with E-state index in [1.165, 1.54) is 0 Å². The van der Waals surface area contributed by atoms with Gasteiger partial charge in [-0.3, -0.25) is 0 Å². The number of alkyl halides is 2. The van der Waals surface area contributed by atoms with E-state index in [2.05, 4.69) is 15.9 Å². The van der Waals surface area contributed by atoms with E-state index in [9.17, 15) is 8.78 Å². The zero-order valence-corrected chi connectivity index (χ0v) is 9.39. The van der Waals surface area contributed by atoms with E-state index in [1.807, 2.05) is 12.1 Å². The lowest BCUT2D eigenvalue weighted by atomic mass is 9.63. The molecule has 0 atom stereocenters. The molecule has 0 spiro atoms. The highest BCUT2D eigenvalue weighted by Gasteiger charge is 2.58. The third-order valence-corrected chi connectivity index (χ3v) is 3.21. The normalized spacial score (nSPS) is 21.5. The van der Waals surface area contributed by atoms with Crippen LogP contribution < -0.4 is 0 Å². The molecule has 1 aromatic rings. The van der Waals surface area contributed by atoms with Gasteiger partial charge in [0.05, 0.1) is 11.5 Å². The second kappa shape index (κ2) is 3.28. The number of hydrogen-bond donors (Lipinski definition) is 0. The molecule has 0 bridgehead atoms. The summed E-state index contributed by atoms with van der Waals surface area (Å²) in [4.78, 5) is 0. The van der Waals surface area contributed by atoms with Crippen LogP contribution in [-0.2, 0) is 5.41 Å². The molecule has 15 heavy (non-hydrogen) atoms. The molecule has 0 saturated heterocycles. The minimum atomic E-state index is -2.68. The first-order valence-electron chi connectivity index (χ1n) is 4.53. The topological polar surface area (TPSA) is 23.8 Å². The van der Waals surface area contributed by atoms with Gasteiger partial charge in [0.1, 0.15) is 0 Å². The van der Waals surface area contributed by atoms with Crippen molar-refractivity contribution in [3.05, 3.63) is 34.3 Å². The molecule has 1 nitrogen and oxygen atoms in total. The van der Waals surface area contributed by atoms with Crippen molar-refractivity contribution in [3.8, 4) is 6.07 Å². The third kappa shape index (κ3) is 1.76. The van der Waals surface area contributed by atoms with Gasteiger partial charge in [0, 0.05) is 17.3 Å². The first-order chi connectivity index (χ1) is 6.97. The highest BCUT2D eigenvalue weighted by atomic mass is 79.9. The first kappa shape index (κ1) is 10.6. The molecule has 0 unspecified atom stereocenters. The van der Waals surface area contributed by atoms with Crippen LogP contribution in [0, 0.1) is 11.3 Å². The molecule has 1 saturated carbocycles. The molecule has 2 rings (SSSR count). The zero-order valence-electron chi connectivity index (χ0n) is 7.80. The lowest BCUT2D eigenvalue weighted by Gasteiger charge is -2.42. The van der Waals surface area contributed by atoms with Crippen LogP contribution in [0.3, 0.4) is 0 Å². The van der Waals surface area contributed by atoms with Crippen LogP contribution in [0.4, 0.5) is 8.78 Å². The Kier molecular flexibility index (Phi) is 2.31. The van der Waals surface area contributed by atoms with E-state index in [-0.39, 0.29) is 12.8 Å². The Labute approximate surface area is 94.8 Å². The average molecular weight is 272 g/mol. The van der Waals surface area contributed by atoms with E-state index in [1.54, 1.807) is 18.2 Å². The van der Waals surface area contributed by atoms with Crippen LogP contribution >= 0.6 is 15.9 Å². The fraction of sp³-hybridized carbons (Fsp3) is 0.364. The molecule has 78 valence electrons. The molecule has 1 aliphatic rings. The second-order valence-corrected chi connectivity index (χ2v) is 4.83. The van der Waals surface area contributed by atoms with Gasteiger partial charge in [-0.05, 0) is 17.7 Å². The molecule has 0 radical (unpaired) electrons. The molecule has 0 heterocycles. The van der Waals surface area contributed by atoms with Crippen molar-refractivity contribution in [2.24, 2.45) is 0 Å². The minimum Gasteiger partial charge on any atom is -0.207 e. The largest absolute Gasteiger partial charge is 0.251 e. The summed E-state index contributed by atoms with van der Waals surface area (Å²) in [6.07, 6.45) is -0.736. The van der Waals surface area contributed by atoms with E-state index >= 15 is 0 Å². The predicted octanol–water partition coefficient (Wildman–Crippen LogP) is 3.64. The monoisotopic (exact) mass is 271 g/mol. The summed E-state index contributed by atoms with van der Waals surface area (Å²) in [6, 6.07) is 9.04. The van der Waals surface area contributed by atoms with Gasteiger partial charge in [-0.1, -0.05) is 28.1 Å². The van der Waals surface area contributed by atoms with Gasteiger partial charge in [0.2, 0.25) is 0 Å². The van der Waals surface area contributed by atoms with Crippen LogP contribution in [0.1, 0.15) is 18.4 Å². The van der Waals surface area contributed by atoms with Gasteiger partial charge in [0.15, 0.2) is 0 Å². The molecular weight excluding hydrogens is 264 g/mol. The summed E-state index contributed by atoms with van der Waals surface area (Å²) in [7, 11) is 0. The first-order valence-corrected chi connectivity index (χ1v) is 5.32. The SMILES string of the molecule is N#CC1(c2cccc(Br)c2)CC(F)(F)C1. The molecule has 1 aromatic carbocycles. The van der Waals surface area contributed by atoms with Crippen molar-refractivity contribution in [1.82, 2.24) is 0 Å². The number of nitriles is 1. The third-order valence-electron chi connectivity index (χ3n) is 2.71. The van der Waals surface area contributed by atoms with Gasteiger partial charge < -0.3 is 0 Å². The van der Waals surface area contributed by atoms with Crippen molar-refractivity contribution in [2.75, 3.05) is 0 Å². The summed E-state index contributed by atoms with van der Waals surface area (Å²) in [5.41, 5.74) is -0.321. The molecule has 0 N–H and O–H groups in total. The molecule has 4 heteroatoms. The quantitative estimate of drug-likeness (QED) is 0.765. The maximum Gasteiger partial charge on any atom is 0.251 e. The lowest BCUT2D eigenvalue weighted by molar-refractivity contribution is -0.109. The predicted molar refractivity (Wildman–Crippen MR) is 55.6 cm³/mol. The van der Waals surface area contributed by atoms with Gasteiger partial charge in [-0.2, -0.15) is 5.26 Å². The van der Waals surface area contributed by atoms with Crippen molar-refractivity contribution in [1.29, 1.82) is 5.26 Å². The second-order valence-electron chi connectivity index (χ2n) is 3.91. The molecular formula is C11H8BrF2N.